The molecule has 1 saturated heterocycles. The number of para-hydroxylation sites is 1. The zero-order valence-electron chi connectivity index (χ0n) is 17.1. The molecule has 162 valence electrons. The third-order valence-corrected chi connectivity index (χ3v) is 6.19. The van der Waals surface area contributed by atoms with Gasteiger partial charge in [-0.1, -0.05) is 33.6 Å². The maximum absolute atomic E-state index is 12.6. The molecule has 1 aliphatic rings. The van der Waals surface area contributed by atoms with Crippen LogP contribution in [0.2, 0.25) is 5.02 Å². The standard InChI is InChI=1S/C23H22BrClN2O4/c1-15(28)27-9-7-26(8-10-27)11-12-30-21-13-16(24)5-6-18(21)22-14-20(29)17-3-2-4-19(25)23(17)31-22/h2-6,13-14H,7-12H2,1H3. The van der Waals surface area contributed by atoms with Crippen molar-refractivity contribution in [3.05, 3.63) is 62.2 Å². The van der Waals surface area contributed by atoms with Crippen LogP contribution in [0.4, 0.5) is 0 Å². The Hall–Kier alpha value is -2.35. The minimum absolute atomic E-state index is 0.117. The Morgan fingerprint density at radius 1 is 1.16 bits per heavy atom. The number of carbonyl (C=O) groups excluding carboxylic acids is 1. The van der Waals surface area contributed by atoms with Crippen LogP contribution in [-0.2, 0) is 4.79 Å². The molecule has 31 heavy (non-hydrogen) atoms. The zero-order valence-corrected chi connectivity index (χ0v) is 19.4. The van der Waals surface area contributed by atoms with Gasteiger partial charge in [0.1, 0.15) is 18.1 Å². The molecule has 0 aliphatic carbocycles. The predicted molar refractivity (Wildman–Crippen MR) is 125 cm³/mol. The number of nitrogens with zero attached hydrogens (tertiary/aromatic N) is 2. The van der Waals surface area contributed by atoms with Gasteiger partial charge in [-0.25, -0.2) is 0 Å². The summed E-state index contributed by atoms with van der Waals surface area (Å²) < 4.78 is 12.9. The molecular weight excluding hydrogens is 484 g/mol. The van der Waals surface area contributed by atoms with Gasteiger partial charge in [-0.2, -0.15) is 0 Å². The lowest BCUT2D eigenvalue weighted by molar-refractivity contribution is -0.130. The van der Waals surface area contributed by atoms with Crippen molar-refractivity contribution in [2.24, 2.45) is 0 Å². The summed E-state index contributed by atoms with van der Waals surface area (Å²) in [4.78, 5) is 28.2. The highest BCUT2D eigenvalue weighted by atomic mass is 79.9. The summed E-state index contributed by atoms with van der Waals surface area (Å²) in [6, 6.07) is 12.2. The topological polar surface area (TPSA) is 63.0 Å². The highest BCUT2D eigenvalue weighted by Gasteiger charge is 2.19. The summed E-state index contributed by atoms with van der Waals surface area (Å²) >= 11 is 9.73. The quantitative estimate of drug-likeness (QED) is 0.514. The van der Waals surface area contributed by atoms with Crippen molar-refractivity contribution in [2.75, 3.05) is 39.3 Å². The number of rotatable bonds is 5. The van der Waals surface area contributed by atoms with E-state index in [4.69, 9.17) is 20.8 Å². The Labute approximate surface area is 193 Å². The number of halogens is 2. The first-order valence-electron chi connectivity index (χ1n) is 10.1. The number of ether oxygens (including phenoxy) is 1. The molecule has 0 radical (unpaired) electrons. The van der Waals surface area contributed by atoms with Crippen molar-refractivity contribution >= 4 is 44.4 Å². The summed E-state index contributed by atoms with van der Waals surface area (Å²) in [5.74, 6) is 1.14. The third kappa shape index (κ3) is 4.95. The summed E-state index contributed by atoms with van der Waals surface area (Å²) in [6.07, 6.45) is 0. The molecule has 4 rings (SSSR count). The van der Waals surface area contributed by atoms with Gasteiger partial charge in [-0.05, 0) is 30.3 Å². The van der Waals surface area contributed by atoms with Gasteiger partial charge in [0.25, 0.3) is 0 Å². The molecule has 1 fully saturated rings. The second-order valence-corrected chi connectivity index (χ2v) is 8.75. The molecule has 0 atom stereocenters. The van der Waals surface area contributed by atoms with E-state index in [0.29, 0.717) is 39.7 Å². The average Bonchev–Trinajstić information content (AvgIpc) is 2.75. The van der Waals surface area contributed by atoms with E-state index < -0.39 is 0 Å². The number of benzene rings is 2. The summed E-state index contributed by atoms with van der Waals surface area (Å²) in [5, 5.41) is 0.835. The normalized spacial score (nSPS) is 14.7. The van der Waals surface area contributed by atoms with Crippen LogP contribution in [0, 0.1) is 0 Å². The molecule has 0 N–H and O–H groups in total. The molecule has 0 unspecified atom stereocenters. The van der Waals surface area contributed by atoms with Crippen LogP contribution in [0.5, 0.6) is 5.75 Å². The maximum atomic E-state index is 12.6. The smallest absolute Gasteiger partial charge is 0.219 e. The number of amides is 1. The Kier molecular flexibility index (Phi) is 6.65. The van der Waals surface area contributed by atoms with E-state index in [-0.39, 0.29) is 11.3 Å². The van der Waals surface area contributed by atoms with E-state index >= 15 is 0 Å². The second kappa shape index (κ2) is 9.42. The van der Waals surface area contributed by atoms with E-state index in [1.807, 2.05) is 23.1 Å². The lowest BCUT2D eigenvalue weighted by atomic mass is 10.1. The van der Waals surface area contributed by atoms with Crippen molar-refractivity contribution < 1.29 is 13.9 Å². The maximum Gasteiger partial charge on any atom is 0.219 e. The van der Waals surface area contributed by atoms with Crippen molar-refractivity contribution in [1.29, 1.82) is 0 Å². The van der Waals surface area contributed by atoms with Gasteiger partial charge in [0.05, 0.1) is 16.0 Å². The molecule has 0 bridgehead atoms. The van der Waals surface area contributed by atoms with Crippen LogP contribution in [0.25, 0.3) is 22.3 Å². The van der Waals surface area contributed by atoms with Crippen molar-refractivity contribution in [1.82, 2.24) is 9.80 Å². The molecule has 0 saturated carbocycles. The number of fused-ring (bicyclic) bond motifs is 1. The third-order valence-electron chi connectivity index (χ3n) is 5.40. The number of hydrogen-bond donors (Lipinski definition) is 0. The molecule has 6 nitrogen and oxygen atoms in total. The second-order valence-electron chi connectivity index (χ2n) is 7.43. The molecule has 1 amide bonds. The highest BCUT2D eigenvalue weighted by molar-refractivity contribution is 9.10. The fourth-order valence-corrected chi connectivity index (χ4v) is 4.22. The van der Waals surface area contributed by atoms with Gasteiger partial charge >= 0.3 is 0 Å². The van der Waals surface area contributed by atoms with Gasteiger partial charge in [0.15, 0.2) is 11.0 Å². The van der Waals surface area contributed by atoms with Crippen LogP contribution in [-0.4, -0.2) is 55.0 Å². The number of piperazine rings is 1. The van der Waals surface area contributed by atoms with E-state index in [1.165, 1.54) is 6.07 Å². The first-order valence-corrected chi connectivity index (χ1v) is 11.2. The van der Waals surface area contributed by atoms with Gasteiger partial charge in [-0.15, -0.1) is 0 Å². The fraction of sp³-hybridized carbons (Fsp3) is 0.304. The van der Waals surface area contributed by atoms with Gasteiger partial charge in [0, 0.05) is 50.2 Å². The Bertz CT molecular complexity index is 1170. The largest absolute Gasteiger partial charge is 0.491 e. The van der Waals surface area contributed by atoms with Gasteiger partial charge in [0.2, 0.25) is 5.91 Å². The lowest BCUT2D eigenvalue weighted by Gasteiger charge is -2.34. The molecule has 3 aromatic rings. The Morgan fingerprint density at radius 3 is 2.68 bits per heavy atom. The van der Waals surface area contributed by atoms with E-state index in [1.54, 1.807) is 25.1 Å². The van der Waals surface area contributed by atoms with E-state index in [9.17, 15) is 9.59 Å². The Balaban J connectivity index is 1.52. The Morgan fingerprint density at radius 2 is 1.94 bits per heavy atom. The molecule has 1 aliphatic heterocycles. The van der Waals surface area contributed by atoms with Gasteiger partial charge in [-0.3, -0.25) is 14.5 Å². The fourth-order valence-electron chi connectivity index (χ4n) is 3.67. The molecule has 2 heterocycles. The molecule has 8 heteroatoms. The lowest BCUT2D eigenvalue weighted by Crippen LogP contribution is -2.48. The van der Waals surface area contributed by atoms with Gasteiger partial charge < -0.3 is 14.1 Å². The minimum Gasteiger partial charge on any atom is -0.491 e. The number of carbonyl (C=O) groups is 1. The van der Waals surface area contributed by atoms with Crippen molar-refractivity contribution in [2.45, 2.75) is 6.92 Å². The summed E-state index contributed by atoms with van der Waals surface area (Å²) in [6.45, 7) is 5.94. The zero-order chi connectivity index (χ0) is 22.0. The molecule has 1 aromatic heterocycles. The van der Waals surface area contributed by atoms with Crippen molar-refractivity contribution in [3.8, 4) is 17.1 Å². The molecule has 2 aromatic carbocycles. The van der Waals surface area contributed by atoms with Crippen LogP contribution >= 0.6 is 27.5 Å². The number of hydrogen-bond acceptors (Lipinski definition) is 5. The summed E-state index contributed by atoms with van der Waals surface area (Å²) in [7, 11) is 0. The highest BCUT2D eigenvalue weighted by Crippen LogP contribution is 2.34. The van der Waals surface area contributed by atoms with Crippen LogP contribution in [0.1, 0.15) is 6.92 Å². The average molecular weight is 506 g/mol. The van der Waals surface area contributed by atoms with Crippen LogP contribution in [0.3, 0.4) is 0 Å². The first kappa shape index (κ1) is 21.9. The van der Waals surface area contributed by atoms with Crippen LogP contribution < -0.4 is 10.2 Å². The molecular formula is C23H22BrClN2O4. The first-order chi connectivity index (χ1) is 14.9. The van der Waals surface area contributed by atoms with Crippen LogP contribution in [0.15, 0.2) is 56.1 Å². The monoisotopic (exact) mass is 504 g/mol. The predicted octanol–water partition coefficient (Wildman–Crippen LogP) is 4.42. The summed E-state index contributed by atoms with van der Waals surface area (Å²) in [5.41, 5.74) is 0.892. The van der Waals surface area contributed by atoms with Crippen molar-refractivity contribution in [3.63, 3.8) is 0 Å². The van der Waals surface area contributed by atoms with E-state index in [2.05, 4.69) is 20.8 Å². The SMILES string of the molecule is CC(=O)N1CCN(CCOc2cc(Br)ccc2-c2cc(=O)c3cccc(Cl)c3o2)CC1. The molecule has 0 spiro atoms. The van der Waals surface area contributed by atoms with E-state index in [0.717, 1.165) is 37.2 Å². The minimum atomic E-state index is -0.157.